The van der Waals surface area contributed by atoms with Crippen LogP contribution in [0, 0.1) is 0 Å². The van der Waals surface area contributed by atoms with Gasteiger partial charge in [0.15, 0.2) is 0 Å². The van der Waals surface area contributed by atoms with Crippen molar-refractivity contribution in [3.05, 3.63) is 0 Å². The predicted octanol–water partition coefficient (Wildman–Crippen LogP) is -0.0224. The molecule has 0 aliphatic heterocycles. The monoisotopic (exact) mass is 290 g/mol. The van der Waals surface area contributed by atoms with E-state index < -0.39 is 29.5 Å². The van der Waals surface area contributed by atoms with Gasteiger partial charge >= 0.3 is 29.5 Å². The lowest BCUT2D eigenvalue weighted by molar-refractivity contribution is -0.205. The maximum Gasteiger partial charge on any atom is 0.400 e. The number of carbonyl (C=O) groups excluding carboxylic acids is 4. The lowest BCUT2D eigenvalue weighted by Gasteiger charge is -2.25. The summed E-state index contributed by atoms with van der Waals surface area (Å²) in [4.78, 5) is 46.9. The summed E-state index contributed by atoms with van der Waals surface area (Å²) in [5.74, 6) is -5.09. The van der Waals surface area contributed by atoms with Gasteiger partial charge in [-0.3, -0.25) is 4.79 Å². The normalized spacial score (nSPS) is 10.4. The summed E-state index contributed by atoms with van der Waals surface area (Å²) in [5, 5.41) is 0. The summed E-state index contributed by atoms with van der Waals surface area (Å²) in [6.45, 7) is 4.96. The van der Waals surface area contributed by atoms with E-state index in [4.69, 9.17) is 0 Å². The molecule has 0 unspecified atom stereocenters. The van der Waals surface area contributed by atoms with Gasteiger partial charge in [-0.1, -0.05) is 0 Å². The molecule has 0 saturated heterocycles. The molecule has 0 N–H and O–H groups in total. The van der Waals surface area contributed by atoms with Crippen molar-refractivity contribution in [1.82, 2.24) is 0 Å². The number of esters is 4. The first-order valence-corrected chi connectivity index (χ1v) is 6.07. The Labute approximate surface area is 116 Å². The number of hydrogen-bond acceptors (Lipinski definition) is 8. The Bertz CT molecular complexity index is 341. The first-order chi connectivity index (χ1) is 9.36. The maximum absolute atomic E-state index is 11.9. The van der Waals surface area contributed by atoms with Crippen LogP contribution in [-0.2, 0) is 38.1 Å². The minimum Gasteiger partial charge on any atom is -0.462 e. The van der Waals surface area contributed by atoms with E-state index in [9.17, 15) is 19.2 Å². The van der Waals surface area contributed by atoms with Crippen LogP contribution in [0.25, 0.3) is 0 Å². The predicted molar refractivity (Wildman–Crippen MR) is 64.4 cm³/mol. The van der Waals surface area contributed by atoms with E-state index in [1.165, 1.54) is 20.8 Å². The summed E-state index contributed by atoms with van der Waals surface area (Å²) in [7, 11) is 0. The lowest BCUT2D eigenvalue weighted by Crippen LogP contribution is -2.58. The van der Waals surface area contributed by atoms with Crippen molar-refractivity contribution in [2.75, 3.05) is 19.8 Å². The largest absolute Gasteiger partial charge is 0.462 e. The van der Waals surface area contributed by atoms with Crippen molar-refractivity contribution in [3.63, 3.8) is 0 Å². The fraction of sp³-hybridized carbons (Fsp3) is 0.667. The molecule has 0 aromatic heterocycles. The highest BCUT2D eigenvalue weighted by Crippen LogP contribution is 2.19. The second-order valence-electron chi connectivity index (χ2n) is 3.44. The third kappa shape index (κ3) is 3.94. The third-order valence-corrected chi connectivity index (χ3v) is 1.99. The van der Waals surface area contributed by atoms with Gasteiger partial charge in [0.25, 0.3) is 0 Å². The Hall–Kier alpha value is -2.12. The van der Waals surface area contributed by atoms with Crippen LogP contribution in [0.5, 0.6) is 0 Å². The molecule has 0 aromatic rings. The summed E-state index contributed by atoms with van der Waals surface area (Å²) in [6, 6.07) is 0. The lowest BCUT2D eigenvalue weighted by atomic mass is 10.0. The zero-order valence-corrected chi connectivity index (χ0v) is 11.9. The van der Waals surface area contributed by atoms with E-state index in [-0.39, 0.29) is 19.8 Å². The molecule has 0 atom stereocenters. The molecule has 0 aliphatic rings. The molecule has 20 heavy (non-hydrogen) atoms. The molecular weight excluding hydrogens is 272 g/mol. The summed E-state index contributed by atoms with van der Waals surface area (Å²) >= 11 is 0. The molecular formula is C12H18O8. The summed E-state index contributed by atoms with van der Waals surface area (Å²) < 4.78 is 18.5. The molecule has 0 amide bonds. The highest BCUT2D eigenvalue weighted by molar-refractivity contribution is 6.23. The molecule has 8 nitrogen and oxygen atoms in total. The second-order valence-corrected chi connectivity index (χ2v) is 3.44. The topological polar surface area (TPSA) is 105 Å². The van der Waals surface area contributed by atoms with Crippen molar-refractivity contribution in [3.8, 4) is 0 Å². The molecule has 114 valence electrons. The zero-order valence-electron chi connectivity index (χ0n) is 11.9. The van der Waals surface area contributed by atoms with Crippen LogP contribution in [0.15, 0.2) is 0 Å². The van der Waals surface area contributed by atoms with Gasteiger partial charge in [0, 0.05) is 6.92 Å². The van der Waals surface area contributed by atoms with Gasteiger partial charge in [-0.15, -0.1) is 0 Å². The molecule has 0 aliphatic carbocycles. The first-order valence-electron chi connectivity index (χ1n) is 6.07. The molecule has 0 rings (SSSR count). The van der Waals surface area contributed by atoms with Gasteiger partial charge in [0.1, 0.15) is 0 Å². The second kappa shape index (κ2) is 8.13. The van der Waals surface area contributed by atoms with Gasteiger partial charge in [-0.2, -0.15) is 0 Å². The van der Waals surface area contributed by atoms with E-state index in [1.54, 1.807) is 0 Å². The molecule has 0 bridgehead atoms. The average Bonchev–Trinajstić information content (AvgIpc) is 2.36. The van der Waals surface area contributed by atoms with Gasteiger partial charge in [-0.05, 0) is 20.8 Å². The van der Waals surface area contributed by atoms with E-state index >= 15 is 0 Å². The Morgan fingerprint density at radius 1 is 0.750 bits per heavy atom. The molecule has 0 radical (unpaired) electrons. The minimum absolute atomic E-state index is 0.124. The molecule has 0 spiro atoms. The number of ether oxygens (including phenoxy) is 4. The van der Waals surface area contributed by atoms with Crippen LogP contribution in [-0.4, -0.2) is 49.3 Å². The maximum atomic E-state index is 11.9. The van der Waals surface area contributed by atoms with E-state index in [0.29, 0.717) is 0 Å². The van der Waals surface area contributed by atoms with Crippen LogP contribution in [0.1, 0.15) is 27.7 Å². The SMILES string of the molecule is CCOC(=O)C(OC(C)=O)(C(=O)OCC)C(=O)OCC. The highest BCUT2D eigenvalue weighted by atomic mass is 16.7. The van der Waals surface area contributed by atoms with Crippen molar-refractivity contribution in [1.29, 1.82) is 0 Å². The summed E-state index contributed by atoms with van der Waals surface area (Å²) in [6.07, 6.45) is 0. The Balaban J connectivity index is 5.74. The fourth-order valence-electron chi connectivity index (χ4n) is 1.29. The van der Waals surface area contributed by atoms with E-state index in [1.807, 2.05) is 0 Å². The van der Waals surface area contributed by atoms with Crippen molar-refractivity contribution in [2.24, 2.45) is 0 Å². The van der Waals surface area contributed by atoms with Gasteiger partial charge in [-0.25, -0.2) is 14.4 Å². The van der Waals surface area contributed by atoms with Crippen LogP contribution < -0.4 is 0 Å². The van der Waals surface area contributed by atoms with Crippen LogP contribution in [0.3, 0.4) is 0 Å². The zero-order chi connectivity index (χ0) is 15.8. The van der Waals surface area contributed by atoms with Gasteiger partial charge in [0.05, 0.1) is 19.8 Å². The van der Waals surface area contributed by atoms with E-state index in [0.717, 1.165) is 6.92 Å². The minimum atomic E-state index is -2.88. The van der Waals surface area contributed by atoms with Crippen LogP contribution in [0.4, 0.5) is 0 Å². The Morgan fingerprint density at radius 3 is 1.25 bits per heavy atom. The van der Waals surface area contributed by atoms with Crippen LogP contribution in [0.2, 0.25) is 0 Å². The van der Waals surface area contributed by atoms with Crippen molar-refractivity contribution in [2.45, 2.75) is 33.3 Å². The van der Waals surface area contributed by atoms with Gasteiger partial charge < -0.3 is 18.9 Å². The molecule has 0 aromatic carbocycles. The quantitative estimate of drug-likeness (QED) is 0.366. The standard InChI is InChI=1S/C12H18O8/c1-5-17-9(14)12(20-8(4)13,10(15)18-6-2)11(16)19-7-3/h5-7H2,1-4H3. The molecule has 0 fully saturated rings. The third-order valence-electron chi connectivity index (χ3n) is 1.99. The number of rotatable bonds is 7. The number of hydrogen-bond donors (Lipinski definition) is 0. The van der Waals surface area contributed by atoms with Gasteiger partial charge in [0.2, 0.25) is 0 Å². The summed E-state index contributed by atoms with van der Waals surface area (Å²) in [5.41, 5.74) is -2.88. The Kier molecular flexibility index (Phi) is 7.27. The van der Waals surface area contributed by atoms with E-state index in [2.05, 4.69) is 18.9 Å². The average molecular weight is 290 g/mol. The molecule has 0 heterocycles. The Morgan fingerprint density at radius 2 is 1.05 bits per heavy atom. The molecule has 8 heteroatoms. The smallest absolute Gasteiger partial charge is 0.400 e. The van der Waals surface area contributed by atoms with Crippen LogP contribution >= 0.6 is 0 Å². The number of carbonyl (C=O) groups is 4. The first kappa shape index (κ1) is 17.9. The molecule has 0 saturated carbocycles. The fourth-order valence-corrected chi connectivity index (χ4v) is 1.29. The van der Waals surface area contributed by atoms with Crippen molar-refractivity contribution < 1.29 is 38.1 Å². The highest BCUT2D eigenvalue weighted by Gasteiger charge is 2.61. The van der Waals surface area contributed by atoms with Crippen molar-refractivity contribution >= 4 is 23.9 Å².